The Kier molecular flexibility index (Phi) is 6.53. The minimum absolute atomic E-state index is 0.0915. The molecule has 2 aliphatic carbocycles. The van der Waals surface area contributed by atoms with Gasteiger partial charge in [0.2, 0.25) is 0 Å². The van der Waals surface area contributed by atoms with Crippen LogP contribution in [0.3, 0.4) is 0 Å². The summed E-state index contributed by atoms with van der Waals surface area (Å²) in [5, 5.41) is 2.10. The lowest BCUT2D eigenvalue weighted by Gasteiger charge is -2.29. The first-order valence-corrected chi connectivity index (χ1v) is 10.9. The number of nitrogens with zero attached hydrogens (tertiary/aromatic N) is 1. The number of halogens is 2. The van der Waals surface area contributed by atoms with Crippen molar-refractivity contribution in [3.8, 4) is 11.8 Å². The van der Waals surface area contributed by atoms with E-state index in [1.54, 1.807) is 5.57 Å². The fraction of sp³-hybridized carbons (Fsp3) is 0.346. The fourth-order valence-corrected chi connectivity index (χ4v) is 4.74. The van der Waals surface area contributed by atoms with Crippen molar-refractivity contribution in [3.63, 3.8) is 0 Å². The summed E-state index contributed by atoms with van der Waals surface area (Å²) in [6.45, 7) is 0. The Balaban J connectivity index is 1.42. The molecule has 0 radical (unpaired) electrons. The Hall–Kier alpha value is -2.60. The van der Waals surface area contributed by atoms with Crippen LogP contribution in [0, 0.1) is 29.4 Å². The zero-order valence-electron chi connectivity index (χ0n) is 16.8. The summed E-state index contributed by atoms with van der Waals surface area (Å²) in [5.41, 5.74) is 3.60. The summed E-state index contributed by atoms with van der Waals surface area (Å²) in [6.07, 6.45) is 11.3. The standard InChI is InChI=1S/C26H23F2NS/c27-25-15-23(29-17-30)16-26(28)24(25)14-7-18-5-8-20(9-6-18)22-12-10-21(11-13-22)19-3-1-2-4-19/h3,5-6,8-9,15-16,21-22H,1-2,4,10-13H2. The average Bonchev–Trinajstić information content (AvgIpc) is 3.29. The maximum absolute atomic E-state index is 14.1. The van der Waals surface area contributed by atoms with Crippen LogP contribution in [0.1, 0.15) is 67.6 Å². The Morgan fingerprint density at radius 3 is 2.17 bits per heavy atom. The minimum Gasteiger partial charge on any atom is -0.205 e. The third-order valence-electron chi connectivity index (χ3n) is 6.24. The summed E-state index contributed by atoms with van der Waals surface area (Å²) < 4.78 is 28.2. The van der Waals surface area contributed by atoms with Gasteiger partial charge >= 0.3 is 0 Å². The Morgan fingerprint density at radius 2 is 1.57 bits per heavy atom. The molecule has 0 aliphatic heterocycles. The molecule has 1 nitrogen and oxygen atoms in total. The van der Waals surface area contributed by atoms with E-state index < -0.39 is 11.6 Å². The summed E-state index contributed by atoms with van der Waals surface area (Å²) in [7, 11) is 0. The number of allylic oxidation sites excluding steroid dienone is 2. The van der Waals surface area contributed by atoms with Crippen LogP contribution in [0.15, 0.2) is 53.0 Å². The number of hydrogen-bond donors (Lipinski definition) is 0. The van der Waals surface area contributed by atoms with Gasteiger partial charge in [-0.15, -0.1) is 0 Å². The number of hydrogen-bond acceptors (Lipinski definition) is 2. The molecule has 0 atom stereocenters. The molecule has 2 aromatic rings. The highest BCUT2D eigenvalue weighted by Crippen LogP contribution is 2.41. The largest absolute Gasteiger partial charge is 0.205 e. The molecule has 30 heavy (non-hydrogen) atoms. The van der Waals surface area contributed by atoms with Gasteiger partial charge in [-0.1, -0.05) is 35.6 Å². The zero-order valence-corrected chi connectivity index (χ0v) is 17.6. The predicted molar refractivity (Wildman–Crippen MR) is 120 cm³/mol. The summed E-state index contributed by atoms with van der Waals surface area (Å²) in [6, 6.07) is 10.3. The smallest absolute Gasteiger partial charge is 0.143 e. The van der Waals surface area contributed by atoms with E-state index in [9.17, 15) is 8.78 Å². The molecule has 2 aliphatic rings. The van der Waals surface area contributed by atoms with E-state index in [4.69, 9.17) is 0 Å². The Bertz CT molecular complexity index is 1040. The van der Waals surface area contributed by atoms with Crippen molar-refractivity contribution in [1.82, 2.24) is 0 Å². The third kappa shape index (κ3) is 4.75. The van der Waals surface area contributed by atoms with Crippen molar-refractivity contribution in [2.45, 2.75) is 50.9 Å². The fourth-order valence-electron chi connectivity index (χ4n) is 4.63. The van der Waals surface area contributed by atoms with Crippen LogP contribution in [-0.4, -0.2) is 5.16 Å². The van der Waals surface area contributed by atoms with Crippen LogP contribution in [0.5, 0.6) is 0 Å². The first-order chi connectivity index (χ1) is 14.6. The first-order valence-electron chi connectivity index (χ1n) is 10.5. The molecule has 0 unspecified atom stereocenters. The van der Waals surface area contributed by atoms with Gasteiger partial charge in [-0.3, -0.25) is 0 Å². The summed E-state index contributed by atoms with van der Waals surface area (Å²) >= 11 is 4.46. The zero-order chi connectivity index (χ0) is 20.9. The normalized spacial score (nSPS) is 20.7. The molecule has 0 amide bonds. The highest BCUT2D eigenvalue weighted by atomic mass is 32.1. The van der Waals surface area contributed by atoms with Crippen LogP contribution in [0.2, 0.25) is 0 Å². The second-order valence-electron chi connectivity index (χ2n) is 8.08. The molecule has 2 aromatic carbocycles. The van der Waals surface area contributed by atoms with Gasteiger partial charge in [0.15, 0.2) is 0 Å². The highest BCUT2D eigenvalue weighted by molar-refractivity contribution is 7.78. The molecular formula is C26H23F2NS. The lowest BCUT2D eigenvalue weighted by molar-refractivity contribution is 0.359. The molecule has 0 N–H and O–H groups in total. The minimum atomic E-state index is -0.753. The molecule has 0 bridgehead atoms. The van der Waals surface area contributed by atoms with Crippen LogP contribution in [0.25, 0.3) is 0 Å². The third-order valence-corrected chi connectivity index (χ3v) is 6.33. The van der Waals surface area contributed by atoms with E-state index in [1.165, 1.54) is 50.5 Å². The van der Waals surface area contributed by atoms with E-state index in [0.717, 1.165) is 23.6 Å². The number of isothiocyanates is 1. The monoisotopic (exact) mass is 419 g/mol. The van der Waals surface area contributed by atoms with Gasteiger partial charge in [-0.25, -0.2) is 8.78 Å². The molecule has 152 valence electrons. The number of benzene rings is 2. The van der Waals surface area contributed by atoms with E-state index in [0.29, 0.717) is 5.92 Å². The number of aliphatic imine (C=N–C) groups is 1. The van der Waals surface area contributed by atoms with Crippen LogP contribution in [-0.2, 0) is 0 Å². The second-order valence-corrected chi connectivity index (χ2v) is 8.26. The van der Waals surface area contributed by atoms with E-state index in [1.807, 2.05) is 12.1 Å². The molecule has 0 spiro atoms. The second kappa shape index (κ2) is 9.47. The lowest BCUT2D eigenvalue weighted by Crippen LogP contribution is -2.14. The first kappa shape index (κ1) is 20.7. The molecule has 0 heterocycles. The van der Waals surface area contributed by atoms with Crippen molar-refractivity contribution >= 4 is 23.1 Å². The molecule has 0 aromatic heterocycles. The highest BCUT2D eigenvalue weighted by Gasteiger charge is 2.25. The molecular weight excluding hydrogens is 396 g/mol. The van der Waals surface area contributed by atoms with Gasteiger partial charge in [-0.2, -0.15) is 4.99 Å². The van der Waals surface area contributed by atoms with Crippen molar-refractivity contribution in [2.24, 2.45) is 10.9 Å². The number of rotatable bonds is 3. The van der Waals surface area contributed by atoms with Crippen molar-refractivity contribution in [3.05, 3.63) is 76.4 Å². The van der Waals surface area contributed by atoms with Gasteiger partial charge < -0.3 is 0 Å². The lowest BCUT2D eigenvalue weighted by atomic mass is 9.76. The predicted octanol–water partition coefficient (Wildman–Crippen LogP) is 7.48. The van der Waals surface area contributed by atoms with Crippen molar-refractivity contribution in [2.75, 3.05) is 0 Å². The van der Waals surface area contributed by atoms with Gasteiger partial charge in [0.25, 0.3) is 0 Å². The molecule has 4 rings (SSSR count). The van der Waals surface area contributed by atoms with Crippen LogP contribution >= 0.6 is 12.2 Å². The van der Waals surface area contributed by atoms with Crippen molar-refractivity contribution < 1.29 is 8.78 Å². The van der Waals surface area contributed by atoms with E-state index in [2.05, 4.69) is 52.4 Å². The van der Waals surface area contributed by atoms with E-state index in [-0.39, 0.29) is 11.3 Å². The van der Waals surface area contributed by atoms with Crippen LogP contribution < -0.4 is 0 Å². The van der Waals surface area contributed by atoms with Gasteiger partial charge in [0.05, 0.1) is 16.4 Å². The van der Waals surface area contributed by atoms with Crippen molar-refractivity contribution in [1.29, 1.82) is 0 Å². The van der Waals surface area contributed by atoms with Gasteiger partial charge in [0, 0.05) is 17.7 Å². The maximum atomic E-state index is 14.1. The van der Waals surface area contributed by atoms with Gasteiger partial charge in [0.1, 0.15) is 11.6 Å². The topological polar surface area (TPSA) is 12.4 Å². The Morgan fingerprint density at radius 1 is 0.900 bits per heavy atom. The Labute approximate surface area is 181 Å². The average molecular weight is 420 g/mol. The van der Waals surface area contributed by atoms with E-state index >= 15 is 0 Å². The molecule has 0 saturated heterocycles. The SMILES string of the molecule is Fc1cc(N=C=S)cc(F)c1C#Cc1ccc(C2CCC(C3=CCCC3)CC2)cc1. The molecule has 1 saturated carbocycles. The molecule has 1 fully saturated rings. The van der Waals surface area contributed by atoms with Crippen LogP contribution in [0.4, 0.5) is 14.5 Å². The maximum Gasteiger partial charge on any atom is 0.143 e. The summed E-state index contributed by atoms with van der Waals surface area (Å²) in [5.74, 6) is 5.35. The quantitative estimate of drug-likeness (QED) is 0.217. The summed E-state index contributed by atoms with van der Waals surface area (Å²) in [4.78, 5) is 3.60. The molecule has 4 heteroatoms. The number of thiocarbonyl (C=S) groups is 1. The van der Waals surface area contributed by atoms with Gasteiger partial charge in [-0.05, 0) is 86.7 Å².